The number of aromatic nitrogens is 2. The molecule has 0 radical (unpaired) electrons. The van der Waals surface area contributed by atoms with E-state index in [1.54, 1.807) is 6.26 Å². The van der Waals surface area contributed by atoms with Crippen LogP contribution in [0.15, 0.2) is 28.9 Å². The first kappa shape index (κ1) is 12.2. The fraction of sp³-hybridized carbons (Fsp3) is 0.429. The predicted molar refractivity (Wildman–Crippen MR) is 71.0 cm³/mol. The summed E-state index contributed by atoms with van der Waals surface area (Å²) in [6, 6.07) is 5.57. The Hall–Kier alpha value is -1.88. The second-order valence-electron chi connectivity index (χ2n) is 4.68. The van der Waals surface area contributed by atoms with Gasteiger partial charge in [0.25, 0.3) is 0 Å². The van der Waals surface area contributed by atoms with E-state index in [0.29, 0.717) is 11.7 Å². The molecule has 5 nitrogen and oxygen atoms in total. The Bertz CT molecular complexity index is 534. The number of rotatable bonds is 3. The lowest BCUT2D eigenvalue weighted by Crippen LogP contribution is -2.34. The number of aryl methyl sites for hydroxylation is 1. The Morgan fingerprint density at radius 1 is 1.32 bits per heavy atom. The first-order valence-electron chi connectivity index (χ1n) is 6.58. The van der Waals surface area contributed by atoms with Gasteiger partial charge in [-0.3, -0.25) is 0 Å². The van der Waals surface area contributed by atoms with E-state index >= 15 is 0 Å². The van der Waals surface area contributed by atoms with E-state index in [9.17, 15) is 0 Å². The Labute approximate surface area is 112 Å². The van der Waals surface area contributed by atoms with Crippen LogP contribution in [0.5, 0.6) is 5.88 Å². The van der Waals surface area contributed by atoms with Crippen LogP contribution >= 0.6 is 0 Å². The van der Waals surface area contributed by atoms with Gasteiger partial charge in [0.2, 0.25) is 5.88 Å². The van der Waals surface area contributed by atoms with Crippen molar-refractivity contribution >= 4 is 0 Å². The van der Waals surface area contributed by atoms with Crippen LogP contribution in [0.1, 0.15) is 18.7 Å². The quantitative estimate of drug-likeness (QED) is 0.915. The molecule has 3 rings (SSSR count). The van der Waals surface area contributed by atoms with Crippen molar-refractivity contribution in [1.29, 1.82) is 0 Å². The Morgan fingerprint density at radius 3 is 2.89 bits per heavy atom. The van der Waals surface area contributed by atoms with Gasteiger partial charge in [0.05, 0.1) is 6.26 Å². The summed E-state index contributed by atoms with van der Waals surface area (Å²) >= 11 is 0. The summed E-state index contributed by atoms with van der Waals surface area (Å²) in [5.74, 6) is 2.06. The summed E-state index contributed by atoms with van der Waals surface area (Å²) < 4.78 is 11.3. The standard InChI is InChI=1S/C14H17N3O2/c1-10-16-12(13-3-2-8-18-13)9-14(17-10)19-11-4-6-15-7-5-11/h2-3,8-9,11,15H,4-7H2,1H3. The number of nitrogens with zero attached hydrogens (tertiary/aromatic N) is 2. The summed E-state index contributed by atoms with van der Waals surface area (Å²) in [4.78, 5) is 8.71. The Morgan fingerprint density at radius 2 is 2.16 bits per heavy atom. The van der Waals surface area contributed by atoms with Gasteiger partial charge in [0, 0.05) is 6.07 Å². The third-order valence-electron chi connectivity index (χ3n) is 3.16. The number of piperidine rings is 1. The highest BCUT2D eigenvalue weighted by Crippen LogP contribution is 2.22. The van der Waals surface area contributed by atoms with Crippen LogP contribution in [0.3, 0.4) is 0 Å². The molecule has 0 spiro atoms. The van der Waals surface area contributed by atoms with E-state index in [-0.39, 0.29) is 6.10 Å². The van der Waals surface area contributed by atoms with Crippen molar-refractivity contribution < 1.29 is 9.15 Å². The van der Waals surface area contributed by atoms with Crippen LogP contribution in [0.2, 0.25) is 0 Å². The number of ether oxygens (including phenoxy) is 1. The highest BCUT2D eigenvalue weighted by atomic mass is 16.5. The molecule has 2 aromatic rings. The van der Waals surface area contributed by atoms with Gasteiger partial charge in [-0.2, -0.15) is 4.98 Å². The van der Waals surface area contributed by atoms with E-state index in [1.807, 2.05) is 25.1 Å². The predicted octanol–water partition coefficient (Wildman–Crippen LogP) is 2.18. The average molecular weight is 259 g/mol. The fourth-order valence-electron chi connectivity index (χ4n) is 2.24. The minimum Gasteiger partial charge on any atom is -0.474 e. The maximum absolute atomic E-state index is 5.94. The van der Waals surface area contributed by atoms with Gasteiger partial charge in [-0.05, 0) is 45.0 Å². The molecule has 1 N–H and O–H groups in total. The minimum atomic E-state index is 0.236. The molecular formula is C14H17N3O2. The number of furan rings is 1. The summed E-state index contributed by atoms with van der Waals surface area (Å²) in [7, 11) is 0. The molecule has 1 aliphatic heterocycles. The highest BCUT2D eigenvalue weighted by Gasteiger charge is 2.16. The van der Waals surface area contributed by atoms with Gasteiger partial charge in [-0.25, -0.2) is 4.98 Å². The molecule has 0 atom stereocenters. The minimum absolute atomic E-state index is 0.236. The van der Waals surface area contributed by atoms with E-state index in [1.165, 1.54) is 0 Å². The molecule has 100 valence electrons. The third kappa shape index (κ3) is 2.93. The lowest BCUT2D eigenvalue weighted by Gasteiger charge is -2.23. The average Bonchev–Trinajstić information content (AvgIpc) is 2.93. The van der Waals surface area contributed by atoms with Gasteiger partial charge in [0.15, 0.2) is 5.76 Å². The zero-order valence-electron chi connectivity index (χ0n) is 10.9. The van der Waals surface area contributed by atoms with Crippen molar-refractivity contribution in [3.8, 4) is 17.3 Å². The zero-order valence-corrected chi connectivity index (χ0v) is 10.9. The molecule has 0 amide bonds. The molecular weight excluding hydrogens is 242 g/mol. The molecule has 5 heteroatoms. The van der Waals surface area contributed by atoms with Crippen LogP contribution in [-0.4, -0.2) is 29.2 Å². The molecule has 2 aromatic heterocycles. The fourth-order valence-corrected chi connectivity index (χ4v) is 2.24. The number of hydrogen-bond donors (Lipinski definition) is 1. The molecule has 3 heterocycles. The van der Waals surface area contributed by atoms with Crippen molar-refractivity contribution in [2.75, 3.05) is 13.1 Å². The summed E-state index contributed by atoms with van der Waals surface area (Å²) in [6.07, 6.45) is 3.90. The SMILES string of the molecule is Cc1nc(OC2CCNCC2)cc(-c2ccco2)n1. The zero-order chi connectivity index (χ0) is 13.1. The second kappa shape index (κ2) is 5.40. The summed E-state index contributed by atoms with van der Waals surface area (Å²) in [5.41, 5.74) is 0.765. The Balaban J connectivity index is 1.81. The van der Waals surface area contributed by atoms with Crippen molar-refractivity contribution in [2.45, 2.75) is 25.9 Å². The molecule has 1 aliphatic rings. The van der Waals surface area contributed by atoms with Crippen LogP contribution in [0, 0.1) is 6.92 Å². The maximum Gasteiger partial charge on any atom is 0.217 e. The molecule has 0 unspecified atom stereocenters. The Kier molecular flexibility index (Phi) is 3.46. The van der Waals surface area contributed by atoms with Crippen molar-refractivity contribution in [3.63, 3.8) is 0 Å². The monoisotopic (exact) mass is 259 g/mol. The summed E-state index contributed by atoms with van der Waals surface area (Å²) in [6.45, 7) is 3.86. The van der Waals surface area contributed by atoms with E-state index in [4.69, 9.17) is 9.15 Å². The lowest BCUT2D eigenvalue weighted by molar-refractivity contribution is 0.155. The van der Waals surface area contributed by atoms with Gasteiger partial charge >= 0.3 is 0 Å². The highest BCUT2D eigenvalue weighted by molar-refractivity contribution is 5.53. The van der Waals surface area contributed by atoms with Crippen molar-refractivity contribution in [3.05, 3.63) is 30.3 Å². The summed E-state index contributed by atoms with van der Waals surface area (Å²) in [5, 5.41) is 3.32. The van der Waals surface area contributed by atoms with Crippen molar-refractivity contribution in [1.82, 2.24) is 15.3 Å². The normalized spacial score (nSPS) is 16.5. The number of hydrogen-bond acceptors (Lipinski definition) is 5. The lowest BCUT2D eigenvalue weighted by atomic mass is 10.1. The van der Waals surface area contributed by atoms with Crippen molar-refractivity contribution in [2.24, 2.45) is 0 Å². The van der Waals surface area contributed by atoms with Gasteiger partial charge in [0.1, 0.15) is 17.6 Å². The largest absolute Gasteiger partial charge is 0.474 e. The second-order valence-corrected chi connectivity index (χ2v) is 4.68. The topological polar surface area (TPSA) is 60.2 Å². The molecule has 19 heavy (non-hydrogen) atoms. The molecule has 0 bridgehead atoms. The first-order valence-corrected chi connectivity index (χ1v) is 6.58. The van der Waals surface area contributed by atoms with Gasteiger partial charge < -0.3 is 14.5 Å². The van der Waals surface area contributed by atoms with Gasteiger partial charge in [-0.1, -0.05) is 0 Å². The van der Waals surface area contributed by atoms with E-state index in [2.05, 4.69) is 15.3 Å². The molecule has 1 fully saturated rings. The van der Waals surface area contributed by atoms with Crippen LogP contribution in [0.4, 0.5) is 0 Å². The van der Waals surface area contributed by atoms with E-state index in [0.717, 1.165) is 37.4 Å². The first-order chi connectivity index (χ1) is 9.31. The molecule has 1 saturated heterocycles. The van der Waals surface area contributed by atoms with Crippen LogP contribution in [0.25, 0.3) is 11.5 Å². The smallest absolute Gasteiger partial charge is 0.217 e. The third-order valence-corrected chi connectivity index (χ3v) is 3.16. The van der Waals surface area contributed by atoms with E-state index < -0.39 is 0 Å². The van der Waals surface area contributed by atoms with Crippen LogP contribution in [-0.2, 0) is 0 Å². The maximum atomic E-state index is 5.94. The van der Waals surface area contributed by atoms with Gasteiger partial charge in [-0.15, -0.1) is 0 Å². The van der Waals surface area contributed by atoms with Crippen LogP contribution < -0.4 is 10.1 Å². The molecule has 0 aliphatic carbocycles. The molecule has 0 saturated carbocycles. The number of nitrogens with one attached hydrogen (secondary N) is 1. The molecule has 0 aromatic carbocycles.